The van der Waals surface area contributed by atoms with Crippen LogP contribution in [0.2, 0.25) is 0 Å². The molecule has 2 aromatic rings. The average Bonchev–Trinajstić information content (AvgIpc) is 2.58. The van der Waals surface area contributed by atoms with Gasteiger partial charge in [-0.15, -0.1) is 0 Å². The van der Waals surface area contributed by atoms with Crippen molar-refractivity contribution in [3.05, 3.63) is 59.9 Å². The number of rotatable bonds is 7. The molecule has 0 unspecified atom stereocenters. The maximum absolute atomic E-state index is 12.8. The van der Waals surface area contributed by atoms with Gasteiger partial charge in [-0.25, -0.2) is 4.98 Å². The van der Waals surface area contributed by atoms with Crippen LogP contribution < -0.4 is 5.32 Å². The summed E-state index contributed by atoms with van der Waals surface area (Å²) in [5.74, 6) is 0.526. The summed E-state index contributed by atoms with van der Waals surface area (Å²) in [6.07, 6.45) is 1.73. The van der Waals surface area contributed by atoms with Crippen LogP contribution in [0.25, 0.3) is 0 Å². The van der Waals surface area contributed by atoms with Crippen LogP contribution in [0.3, 0.4) is 0 Å². The van der Waals surface area contributed by atoms with Crippen molar-refractivity contribution in [2.75, 3.05) is 11.9 Å². The molecule has 0 saturated heterocycles. The molecule has 1 N–H and O–H groups in total. The second-order valence-corrected chi connectivity index (χ2v) is 6.72. The molecule has 4 heteroatoms. The number of aromatic nitrogens is 1. The van der Waals surface area contributed by atoms with Crippen molar-refractivity contribution in [3.8, 4) is 0 Å². The van der Waals surface area contributed by atoms with E-state index in [-0.39, 0.29) is 11.9 Å². The minimum Gasteiger partial charge on any atom is -0.384 e. The first-order valence-corrected chi connectivity index (χ1v) is 8.52. The van der Waals surface area contributed by atoms with E-state index in [0.717, 1.165) is 17.8 Å². The van der Waals surface area contributed by atoms with Crippen LogP contribution in [-0.4, -0.2) is 28.4 Å². The molecular formula is C20H27N3O. The summed E-state index contributed by atoms with van der Waals surface area (Å²) < 4.78 is 0. The van der Waals surface area contributed by atoms with Gasteiger partial charge in [-0.3, -0.25) is 4.79 Å². The molecule has 0 fully saturated rings. The molecule has 128 valence electrons. The number of anilines is 1. The maximum Gasteiger partial charge on any atom is 0.272 e. The van der Waals surface area contributed by atoms with Crippen molar-refractivity contribution >= 4 is 11.6 Å². The van der Waals surface area contributed by atoms with Gasteiger partial charge in [-0.2, -0.15) is 0 Å². The number of amides is 1. The smallest absolute Gasteiger partial charge is 0.272 e. The molecule has 0 bridgehead atoms. The fourth-order valence-electron chi connectivity index (χ4n) is 2.36. The second kappa shape index (κ2) is 8.48. The number of pyridine rings is 1. The van der Waals surface area contributed by atoms with Crippen LogP contribution in [0.1, 0.15) is 43.7 Å². The number of hydrogen-bond acceptors (Lipinski definition) is 3. The largest absolute Gasteiger partial charge is 0.384 e. The van der Waals surface area contributed by atoms with Gasteiger partial charge in [0.05, 0.1) is 11.9 Å². The van der Waals surface area contributed by atoms with Gasteiger partial charge >= 0.3 is 0 Å². The Morgan fingerprint density at radius 1 is 1.08 bits per heavy atom. The summed E-state index contributed by atoms with van der Waals surface area (Å²) >= 11 is 0. The Morgan fingerprint density at radius 3 is 2.33 bits per heavy atom. The van der Waals surface area contributed by atoms with Crippen molar-refractivity contribution in [1.29, 1.82) is 0 Å². The molecule has 1 heterocycles. The molecule has 0 saturated carbocycles. The second-order valence-electron chi connectivity index (χ2n) is 6.72. The van der Waals surface area contributed by atoms with Gasteiger partial charge in [0.1, 0.15) is 5.69 Å². The average molecular weight is 325 g/mol. The Hall–Kier alpha value is -2.36. The molecule has 0 radical (unpaired) electrons. The first-order chi connectivity index (χ1) is 11.5. The lowest BCUT2D eigenvalue weighted by Gasteiger charge is -2.26. The highest BCUT2D eigenvalue weighted by molar-refractivity contribution is 5.92. The lowest BCUT2D eigenvalue weighted by atomic mass is 10.1. The highest BCUT2D eigenvalue weighted by Gasteiger charge is 2.20. The fourth-order valence-corrected chi connectivity index (χ4v) is 2.36. The van der Waals surface area contributed by atoms with Gasteiger partial charge in [0.2, 0.25) is 0 Å². The molecule has 0 aliphatic carbocycles. The van der Waals surface area contributed by atoms with Gasteiger partial charge in [-0.1, -0.05) is 44.2 Å². The molecule has 1 aromatic carbocycles. The monoisotopic (exact) mass is 325 g/mol. The van der Waals surface area contributed by atoms with E-state index in [1.165, 1.54) is 0 Å². The van der Waals surface area contributed by atoms with E-state index in [4.69, 9.17) is 0 Å². The van der Waals surface area contributed by atoms with E-state index in [1.807, 2.05) is 55.1 Å². The molecule has 0 aliphatic rings. The zero-order valence-corrected chi connectivity index (χ0v) is 15.0. The minimum atomic E-state index is -0.0377. The van der Waals surface area contributed by atoms with E-state index in [0.29, 0.717) is 18.2 Å². The molecule has 4 nitrogen and oxygen atoms in total. The normalized spacial score (nSPS) is 10.9. The van der Waals surface area contributed by atoms with E-state index in [2.05, 4.69) is 24.1 Å². The third-order valence-electron chi connectivity index (χ3n) is 3.78. The van der Waals surface area contributed by atoms with Crippen molar-refractivity contribution in [1.82, 2.24) is 9.88 Å². The number of benzene rings is 1. The lowest BCUT2D eigenvalue weighted by molar-refractivity contribution is 0.0684. The molecule has 1 amide bonds. The highest BCUT2D eigenvalue weighted by Crippen LogP contribution is 2.14. The van der Waals surface area contributed by atoms with Crippen LogP contribution >= 0.6 is 0 Å². The Balaban J connectivity index is 2.09. The number of nitrogens with zero attached hydrogens (tertiary/aromatic N) is 2. The number of hydrogen-bond donors (Lipinski definition) is 1. The third-order valence-corrected chi connectivity index (χ3v) is 3.78. The highest BCUT2D eigenvalue weighted by atomic mass is 16.2. The summed E-state index contributed by atoms with van der Waals surface area (Å²) in [5.41, 5.74) is 2.55. The minimum absolute atomic E-state index is 0.0377. The van der Waals surface area contributed by atoms with Gasteiger partial charge in [0.25, 0.3) is 5.91 Å². The molecular weight excluding hydrogens is 298 g/mol. The molecule has 1 aromatic heterocycles. The van der Waals surface area contributed by atoms with Crippen LogP contribution in [-0.2, 0) is 6.54 Å². The summed E-state index contributed by atoms with van der Waals surface area (Å²) in [6, 6.07) is 13.9. The summed E-state index contributed by atoms with van der Waals surface area (Å²) in [5, 5.41) is 3.31. The molecule has 0 aliphatic heterocycles. The standard InChI is InChI=1S/C20H27N3O/c1-15(2)12-21-18-10-11-19(22-13-18)20(24)23(16(3)4)14-17-8-6-5-7-9-17/h5-11,13,15-16,21H,12,14H2,1-4H3. The van der Waals surface area contributed by atoms with E-state index < -0.39 is 0 Å². The lowest BCUT2D eigenvalue weighted by Crippen LogP contribution is -2.36. The van der Waals surface area contributed by atoms with Gasteiger partial charge < -0.3 is 10.2 Å². The number of carbonyl (C=O) groups excluding carboxylic acids is 1. The molecule has 24 heavy (non-hydrogen) atoms. The molecule has 2 rings (SSSR count). The quantitative estimate of drug-likeness (QED) is 0.830. The van der Waals surface area contributed by atoms with E-state index in [9.17, 15) is 4.79 Å². The number of carbonyl (C=O) groups is 1. The first kappa shape index (κ1) is 18.0. The molecule has 0 atom stereocenters. The van der Waals surface area contributed by atoms with Gasteiger partial charge in [0, 0.05) is 19.1 Å². The zero-order chi connectivity index (χ0) is 17.5. The summed E-state index contributed by atoms with van der Waals surface area (Å²) in [4.78, 5) is 19.0. The van der Waals surface area contributed by atoms with Crippen LogP contribution in [0.5, 0.6) is 0 Å². The van der Waals surface area contributed by atoms with Crippen molar-refractivity contribution in [2.24, 2.45) is 5.92 Å². The first-order valence-electron chi connectivity index (χ1n) is 8.52. The van der Waals surface area contributed by atoms with Gasteiger partial charge in [0.15, 0.2) is 0 Å². The van der Waals surface area contributed by atoms with Crippen LogP contribution in [0, 0.1) is 5.92 Å². The predicted molar refractivity (Wildman–Crippen MR) is 99.0 cm³/mol. The zero-order valence-electron chi connectivity index (χ0n) is 15.0. The van der Waals surface area contributed by atoms with Crippen LogP contribution in [0.15, 0.2) is 48.7 Å². The van der Waals surface area contributed by atoms with E-state index >= 15 is 0 Å². The van der Waals surface area contributed by atoms with Crippen molar-refractivity contribution in [2.45, 2.75) is 40.3 Å². The number of nitrogens with one attached hydrogen (secondary N) is 1. The van der Waals surface area contributed by atoms with Crippen molar-refractivity contribution in [3.63, 3.8) is 0 Å². The van der Waals surface area contributed by atoms with Gasteiger partial charge in [-0.05, 0) is 37.5 Å². The Bertz CT molecular complexity index is 636. The summed E-state index contributed by atoms with van der Waals surface area (Å²) in [6.45, 7) is 9.84. The Labute approximate surface area is 144 Å². The SMILES string of the molecule is CC(C)CNc1ccc(C(=O)N(Cc2ccccc2)C(C)C)nc1. The Kier molecular flexibility index (Phi) is 6.36. The van der Waals surface area contributed by atoms with Crippen molar-refractivity contribution < 1.29 is 4.79 Å². The predicted octanol–water partition coefficient (Wildman–Crippen LogP) is 4.20. The topological polar surface area (TPSA) is 45.2 Å². The third kappa shape index (κ3) is 5.08. The fraction of sp³-hybridized carbons (Fsp3) is 0.400. The Morgan fingerprint density at radius 2 is 1.79 bits per heavy atom. The maximum atomic E-state index is 12.8. The molecule has 0 spiro atoms. The van der Waals surface area contributed by atoms with Crippen LogP contribution in [0.4, 0.5) is 5.69 Å². The van der Waals surface area contributed by atoms with E-state index in [1.54, 1.807) is 12.3 Å². The summed E-state index contributed by atoms with van der Waals surface area (Å²) in [7, 11) is 0.